The number of anilines is 2. The van der Waals surface area contributed by atoms with Gasteiger partial charge in [0.2, 0.25) is 0 Å². The Bertz CT molecular complexity index is 973. The van der Waals surface area contributed by atoms with Crippen LogP contribution in [0.3, 0.4) is 0 Å². The standard InChI is InChI=1S/C22H25N5O4/c1-31-14-4-9-27-20(28)17-7-6-16(15-18(17)21(27)29)24-22(30)26-12-10-25(11-13-26)19-5-2-3-8-23-19/h2-3,5-8,15H,4,9-14H2,1H3,(H,24,30). The van der Waals surface area contributed by atoms with E-state index in [2.05, 4.69) is 15.2 Å². The number of hydrogen-bond acceptors (Lipinski definition) is 6. The summed E-state index contributed by atoms with van der Waals surface area (Å²) in [4.78, 5) is 47.3. The van der Waals surface area contributed by atoms with Gasteiger partial charge < -0.3 is 19.9 Å². The van der Waals surface area contributed by atoms with Gasteiger partial charge in [-0.2, -0.15) is 0 Å². The SMILES string of the molecule is COCCCN1C(=O)c2ccc(NC(=O)N3CCN(c4ccccn4)CC3)cc2C1=O. The van der Waals surface area contributed by atoms with Crippen LogP contribution >= 0.6 is 0 Å². The minimum Gasteiger partial charge on any atom is -0.385 e. The number of urea groups is 1. The summed E-state index contributed by atoms with van der Waals surface area (Å²) in [6.07, 6.45) is 2.34. The van der Waals surface area contributed by atoms with Crippen LogP contribution in [0.5, 0.6) is 0 Å². The highest BCUT2D eigenvalue weighted by atomic mass is 16.5. The molecule has 9 nitrogen and oxygen atoms in total. The van der Waals surface area contributed by atoms with Crippen molar-refractivity contribution in [2.45, 2.75) is 6.42 Å². The van der Waals surface area contributed by atoms with Gasteiger partial charge in [-0.25, -0.2) is 9.78 Å². The fourth-order valence-electron chi connectivity index (χ4n) is 3.82. The van der Waals surface area contributed by atoms with Gasteiger partial charge in [0.25, 0.3) is 11.8 Å². The molecule has 4 rings (SSSR count). The first-order valence-electron chi connectivity index (χ1n) is 10.3. The minimum absolute atomic E-state index is 0.227. The fourth-order valence-corrected chi connectivity index (χ4v) is 3.82. The molecule has 2 aromatic rings. The Balaban J connectivity index is 1.36. The van der Waals surface area contributed by atoms with Crippen molar-refractivity contribution >= 4 is 29.4 Å². The highest BCUT2D eigenvalue weighted by Crippen LogP contribution is 2.26. The lowest BCUT2D eigenvalue weighted by atomic mass is 10.1. The number of carbonyl (C=O) groups excluding carboxylic acids is 3. The number of methoxy groups -OCH3 is 1. The van der Waals surface area contributed by atoms with Gasteiger partial charge in [-0.15, -0.1) is 0 Å². The number of piperazine rings is 1. The number of nitrogens with one attached hydrogen (secondary N) is 1. The van der Waals surface area contributed by atoms with Gasteiger partial charge in [-0.1, -0.05) is 6.07 Å². The number of benzene rings is 1. The van der Waals surface area contributed by atoms with Gasteiger partial charge in [0, 0.05) is 58.3 Å². The molecule has 1 N–H and O–H groups in total. The fraction of sp³-hybridized carbons (Fsp3) is 0.364. The second-order valence-electron chi connectivity index (χ2n) is 7.46. The molecule has 0 radical (unpaired) electrons. The average molecular weight is 423 g/mol. The number of hydrogen-bond donors (Lipinski definition) is 1. The number of imide groups is 1. The number of ether oxygens (including phenoxy) is 1. The zero-order valence-corrected chi connectivity index (χ0v) is 17.4. The normalized spacial score (nSPS) is 16.0. The molecule has 9 heteroatoms. The van der Waals surface area contributed by atoms with E-state index in [1.165, 1.54) is 4.90 Å². The van der Waals surface area contributed by atoms with Crippen molar-refractivity contribution in [3.8, 4) is 0 Å². The van der Waals surface area contributed by atoms with Gasteiger partial charge >= 0.3 is 6.03 Å². The Labute approximate surface area is 180 Å². The summed E-state index contributed by atoms with van der Waals surface area (Å²) in [5.41, 5.74) is 1.18. The van der Waals surface area contributed by atoms with Crippen LogP contribution in [0.15, 0.2) is 42.6 Å². The average Bonchev–Trinajstić information content (AvgIpc) is 3.04. The third-order valence-corrected chi connectivity index (χ3v) is 5.49. The van der Waals surface area contributed by atoms with Crippen molar-refractivity contribution in [2.75, 3.05) is 56.7 Å². The van der Waals surface area contributed by atoms with Gasteiger partial charge in [0.15, 0.2) is 0 Å². The Morgan fingerprint density at radius 3 is 2.55 bits per heavy atom. The molecule has 162 valence electrons. The summed E-state index contributed by atoms with van der Waals surface area (Å²) in [5, 5.41) is 2.85. The van der Waals surface area contributed by atoms with Crippen LogP contribution in [0.25, 0.3) is 0 Å². The van der Waals surface area contributed by atoms with Crippen LogP contribution in [0.4, 0.5) is 16.3 Å². The summed E-state index contributed by atoms with van der Waals surface area (Å²) >= 11 is 0. The lowest BCUT2D eigenvalue weighted by Crippen LogP contribution is -2.50. The Kier molecular flexibility index (Phi) is 6.13. The Hall–Kier alpha value is -3.46. The molecule has 0 saturated carbocycles. The van der Waals surface area contributed by atoms with Crippen LogP contribution in [0, 0.1) is 0 Å². The molecule has 2 aliphatic rings. The second-order valence-corrected chi connectivity index (χ2v) is 7.46. The maximum atomic E-state index is 12.7. The first-order valence-corrected chi connectivity index (χ1v) is 10.3. The molecule has 1 aromatic carbocycles. The van der Waals surface area contributed by atoms with E-state index in [1.54, 1.807) is 36.4 Å². The quantitative estimate of drug-likeness (QED) is 0.565. The number of carbonyl (C=O) groups is 3. The van der Waals surface area contributed by atoms with E-state index in [-0.39, 0.29) is 17.8 Å². The van der Waals surface area contributed by atoms with Crippen molar-refractivity contribution in [1.29, 1.82) is 0 Å². The predicted octanol–water partition coefficient (Wildman–Crippen LogP) is 2.07. The van der Waals surface area contributed by atoms with E-state index < -0.39 is 0 Å². The van der Waals surface area contributed by atoms with Crippen LogP contribution in [-0.2, 0) is 4.74 Å². The first-order chi connectivity index (χ1) is 15.1. The van der Waals surface area contributed by atoms with Gasteiger partial charge in [-0.05, 0) is 36.8 Å². The lowest BCUT2D eigenvalue weighted by molar-refractivity contribution is 0.0638. The number of fused-ring (bicyclic) bond motifs is 1. The monoisotopic (exact) mass is 423 g/mol. The minimum atomic E-state index is -0.337. The Morgan fingerprint density at radius 1 is 1.06 bits per heavy atom. The topological polar surface area (TPSA) is 95.1 Å². The third-order valence-electron chi connectivity index (χ3n) is 5.49. The van der Waals surface area contributed by atoms with Gasteiger partial charge in [0.05, 0.1) is 11.1 Å². The van der Waals surface area contributed by atoms with Crippen LogP contribution in [0.1, 0.15) is 27.1 Å². The van der Waals surface area contributed by atoms with Crippen LogP contribution in [-0.4, -0.2) is 79.1 Å². The lowest BCUT2D eigenvalue weighted by Gasteiger charge is -2.35. The largest absolute Gasteiger partial charge is 0.385 e. The molecule has 0 bridgehead atoms. The van der Waals surface area contributed by atoms with E-state index in [0.717, 1.165) is 5.82 Å². The summed E-state index contributed by atoms with van der Waals surface area (Å²) in [5.74, 6) is 0.259. The number of amides is 4. The van der Waals surface area contributed by atoms with Crippen molar-refractivity contribution in [3.05, 3.63) is 53.7 Å². The number of aromatic nitrogens is 1. The van der Waals surface area contributed by atoms with Gasteiger partial charge in [-0.3, -0.25) is 14.5 Å². The molecule has 0 aliphatic carbocycles. The van der Waals surface area contributed by atoms with E-state index in [9.17, 15) is 14.4 Å². The number of pyridine rings is 1. The zero-order chi connectivity index (χ0) is 21.8. The Morgan fingerprint density at radius 2 is 1.84 bits per heavy atom. The van der Waals surface area contributed by atoms with Crippen molar-refractivity contribution in [1.82, 2.24) is 14.8 Å². The van der Waals surface area contributed by atoms with Gasteiger partial charge in [0.1, 0.15) is 5.82 Å². The van der Waals surface area contributed by atoms with E-state index in [0.29, 0.717) is 62.6 Å². The zero-order valence-electron chi connectivity index (χ0n) is 17.4. The van der Waals surface area contributed by atoms with Crippen molar-refractivity contribution in [3.63, 3.8) is 0 Å². The highest BCUT2D eigenvalue weighted by Gasteiger charge is 2.35. The second kappa shape index (κ2) is 9.13. The predicted molar refractivity (Wildman–Crippen MR) is 115 cm³/mol. The molecule has 4 amide bonds. The molecule has 0 atom stereocenters. The molecule has 0 unspecified atom stereocenters. The molecule has 1 saturated heterocycles. The molecule has 0 spiro atoms. The van der Waals surface area contributed by atoms with E-state index in [4.69, 9.17) is 4.74 Å². The van der Waals surface area contributed by atoms with E-state index >= 15 is 0 Å². The summed E-state index contributed by atoms with van der Waals surface area (Å²) in [6, 6.07) is 10.4. The van der Waals surface area contributed by atoms with Crippen LogP contribution < -0.4 is 10.2 Å². The maximum absolute atomic E-state index is 12.7. The van der Waals surface area contributed by atoms with Crippen molar-refractivity contribution in [2.24, 2.45) is 0 Å². The smallest absolute Gasteiger partial charge is 0.321 e. The van der Waals surface area contributed by atoms with Crippen LogP contribution in [0.2, 0.25) is 0 Å². The molecule has 31 heavy (non-hydrogen) atoms. The molecule has 1 fully saturated rings. The highest BCUT2D eigenvalue weighted by molar-refractivity contribution is 6.21. The molecule has 3 heterocycles. The van der Waals surface area contributed by atoms with Crippen molar-refractivity contribution < 1.29 is 19.1 Å². The summed E-state index contributed by atoms with van der Waals surface area (Å²) < 4.78 is 4.99. The number of rotatable bonds is 6. The molecule has 1 aromatic heterocycles. The summed E-state index contributed by atoms with van der Waals surface area (Å²) in [7, 11) is 1.58. The summed E-state index contributed by atoms with van der Waals surface area (Å²) in [6.45, 7) is 3.30. The molecular weight excluding hydrogens is 398 g/mol. The van der Waals surface area contributed by atoms with E-state index in [1.807, 2.05) is 18.2 Å². The maximum Gasteiger partial charge on any atom is 0.321 e. The first kappa shape index (κ1) is 20.8. The third kappa shape index (κ3) is 4.36. The number of nitrogens with zero attached hydrogens (tertiary/aromatic N) is 4. The molecular formula is C22H25N5O4. The molecule has 2 aliphatic heterocycles.